The lowest BCUT2D eigenvalue weighted by molar-refractivity contribution is 0.102. The van der Waals surface area contributed by atoms with Crippen LogP contribution in [0.2, 0.25) is 5.02 Å². The van der Waals surface area contributed by atoms with E-state index in [4.69, 9.17) is 17.3 Å². The molecule has 92 valence electrons. The Labute approximate surface area is 108 Å². The molecule has 0 spiro atoms. The Morgan fingerprint density at radius 1 is 1.39 bits per heavy atom. The van der Waals surface area contributed by atoms with Gasteiger partial charge in [-0.3, -0.25) is 4.79 Å². The van der Waals surface area contributed by atoms with Crippen LogP contribution in [0.25, 0.3) is 0 Å². The Balaban J connectivity index is 2.22. The molecule has 4 N–H and O–H groups in total. The first-order chi connectivity index (χ1) is 8.58. The third kappa shape index (κ3) is 2.52. The van der Waals surface area contributed by atoms with Gasteiger partial charge in [0.15, 0.2) is 5.69 Å². The summed E-state index contributed by atoms with van der Waals surface area (Å²) in [4.78, 5) is 15.8. The number of aromatic nitrogens is 1. The van der Waals surface area contributed by atoms with Crippen molar-refractivity contribution in [1.82, 2.24) is 4.98 Å². The SMILES string of the molecule is Nc1cccnc1C(=O)Nc1ccc(O)c(Cl)c1. The number of carbonyl (C=O) groups is 1. The van der Waals surface area contributed by atoms with E-state index in [0.717, 1.165) is 0 Å². The molecule has 0 fully saturated rings. The van der Waals surface area contributed by atoms with Gasteiger partial charge in [0.1, 0.15) is 5.75 Å². The second-order valence-corrected chi connectivity index (χ2v) is 3.97. The number of anilines is 2. The third-order valence-electron chi connectivity index (χ3n) is 2.26. The number of nitrogen functional groups attached to an aromatic ring is 1. The standard InChI is InChI=1S/C12H10ClN3O2/c13-8-6-7(3-4-10(8)17)16-12(18)11-9(14)2-1-5-15-11/h1-6,17H,14H2,(H,16,18). The van der Waals surface area contributed by atoms with Crippen molar-refractivity contribution >= 4 is 28.9 Å². The quantitative estimate of drug-likeness (QED) is 0.725. The average Bonchev–Trinajstić information content (AvgIpc) is 2.34. The minimum atomic E-state index is -0.435. The molecule has 0 radical (unpaired) electrons. The maximum atomic E-state index is 11.9. The van der Waals surface area contributed by atoms with Crippen molar-refractivity contribution in [2.45, 2.75) is 0 Å². The minimum Gasteiger partial charge on any atom is -0.506 e. The minimum absolute atomic E-state index is 0.0491. The fourth-order valence-electron chi connectivity index (χ4n) is 1.38. The Bertz CT molecular complexity index is 602. The van der Waals surface area contributed by atoms with Gasteiger partial charge in [-0.2, -0.15) is 0 Å². The van der Waals surface area contributed by atoms with E-state index < -0.39 is 5.91 Å². The lowest BCUT2D eigenvalue weighted by atomic mass is 10.2. The number of phenolic OH excluding ortho intramolecular Hbond substituents is 1. The van der Waals surface area contributed by atoms with Crippen molar-refractivity contribution in [2.24, 2.45) is 0 Å². The van der Waals surface area contributed by atoms with E-state index in [2.05, 4.69) is 10.3 Å². The highest BCUT2D eigenvalue weighted by Crippen LogP contribution is 2.26. The Hall–Kier alpha value is -2.27. The number of nitrogens with zero attached hydrogens (tertiary/aromatic N) is 1. The molecule has 0 saturated carbocycles. The van der Waals surface area contributed by atoms with E-state index in [1.54, 1.807) is 12.1 Å². The third-order valence-corrected chi connectivity index (χ3v) is 2.56. The molecule has 0 atom stereocenters. The molecule has 5 nitrogen and oxygen atoms in total. The normalized spacial score (nSPS) is 10.1. The summed E-state index contributed by atoms with van der Waals surface area (Å²) >= 11 is 5.73. The van der Waals surface area contributed by atoms with Crippen LogP contribution >= 0.6 is 11.6 Å². The van der Waals surface area contributed by atoms with Gasteiger partial charge in [0.2, 0.25) is 0 Å². The molecule has 0 bridgehead atoms. The molecule has 18 heavy (non-hydrogen) atoms. The maximum absolute atomic E-state index is 11.9. The summed E-state index contributed by atoms with van der Waals surface area (Å²) in [6.45, 7) is 0. The number of hydrogen-bond donors (Lipinski definition) is 3. The number of amides is 1. The molecule has 2 rings (SSSR count). The topological polar surface area (TPSA) is 88.2 Å². The summed E-state index contributed by atoms with van der Waals surface area (Å²) in [6, 6.07) is 7.58. The number of aromatic hydroxyl groups is 1. The van der Waals surface area contributed by atoms with Crippen molar-refractivity contribution < 1.29 is 9.90 Å². The Morgan fingerprint density at radius 2 is 2.17 bits per heavy atom. The number of nitrogens with one attached hydrogen (secondary N) is 1. The molecule has 1 amide bonds. The van der Waals surface area contributed by atoms with Crippen molar-refractivity contribution in [3.8, 4) is 5.75 Å². The fraction of sp³-hybridized carbons (Fsp3) is 0. The largest absolute Gasteiger partial charge is 0.506 e. The molecular formula is C12H10ClN3O2. The van der Waals surface area contributed by atoms with Gasteiger partial charge in [0.05, 0.1) is 10.7 Å². The van der Waals surface area contributed by atoms with E-state index in [0.29, 0.717) is 11.4 Å². The lowest BCUT2D eigenvalue weighted by Crippen LogP contribution is -2.15. The van der Waals surface area contributed by atoms with Crippen LogP contribution in [-0.4, -0.2) is 16.0 Å². The first-order valence-electron chi connectivity index (χ1n) is 5.08. The second-order valence-electron chi connectivity index (χ2n) is 3.56. The number of benzene rings is 1. The first kappa shape index (κ1) is 12.2. The van der Waals surface area contributed by atoms with Crippen LogP contribution in [0.5, 0.6) is 5.75 Å². The zero-order valence-corrected chi connectivity index (χ0v) is 9.98. The summed E-state index contributed by atoms with van der Waals surface area (Å²) in [5, 5.41) is 12.0. The van der Waals surface area contributed by atoms with Gasteiger partial charge in [0, 0.05) is 11.9 Å². The number of pyridine rings is 1. The Kier molecular flexibility index (Phi) is 3.34. The predicted molar refractivity (Wildman–Crippen MR) is 69.7 cm³/mol. The van der Waals surface area contributed by atoms with E-state index in [-0.39, 0.29) is 16.5 Å². The highest BCUT2D eigenvalue weighted by atomic mass is 35.5. The smallest absolute Gasteiger partial charge is 0.276 e. The van der Waals surface area contributed by atoms with E-state index >= 15 is 0 Å². The zero-order chi connectivity index (χ0) is 13.1. The van der Waals surface area contributed by atoms with Gasteiger partial charge in [-0.25, -0.2) is 4.98 Å². The molecule has 0 aliphatic rings. The highest BCUT2D eigenvalue weighted by Gasteiger charge is 2.11. The van der Waals surface area contributed by atoms with Crippen LogP contribution < -0.4 is 11.1 Å². The summed E-state index contributed by atoms with van der Waals surface area (Å²) in [7, 11) is 0. The molecule has 1 aromatic heterocycles. The van der Waals surface area contributed by atoms with E-state index in [1.807, 2.05) is 0 Å². The lowest BCUT2D eigenvalue weighted by Gasteiger charge is -2.07. The van der Waals surface area contributed by atoms with E-state index in [1.165, 1.54) is 24.4 Å². The van der Waals surface area contributed by atoms with Crippen molar-refractivity contribution in [1.29, 1.82) is 0 Å². The maximum Gasteiger partial charge on any atom is 0.276 e. The van der Waals surface area contributed by atoms with Crippen LogP contribution in [0.15, 0.2) is 36.5 Å². The molecule has 0 aliphatic carbocycles. The first-order valence-corrected chi connectivity index (χ1v) is 5.46. The van der Waals surface area contributed by atoms with Gasteiger partial charge in [0.25, 0.3) is 5.91 Å². The number of nitrogens with two attached hydrogens (primary N) is 1. The molecule has 6 heteroatoms. The molecule has 1 aromatic carbocycles. The summed E-state index contributed by atoms with van der Waals surface area (Å²) in [5.74, 6) is -0.484. The van der Waals surface area contributed by atoms with Crippen LogP contribution in [0.1, 0.15) is 10.5 Å². The summed E-state index contributed by atoms with van der Waals surface area (Å²) in [6.07, 6.45) is 1.48. The Morgan fingerprint density at radius 3 is 2.83 bits per heavy atom. The highest BCUT2D eigenvalue weighted by molar-refractivity contribution is 6.32. The number of carbonyl (C=O) groups excluding carboxylic acids is 1. The van der Waals surface area contributed by atoms with Crippen LogP contribution in [0.4, 0.5) is 11.4 Å². The average molecular weight is 264 g/mol. The van der Waals surface area contributed by atoms with Gasteiger partial charge in [-0.1, -0.05) is 11.6 Å². The molecule has 1 heterocycles. The van der Waals surface area contributed by atoms with Crippen LogP contribution in [0, 0.1) is 0 Å². The van der Waals surface area contributed by atoms with Crippen LogP contribution in [-0.2, 0) is 0 Å². The number of hydrogen-bond acceptors (Lipinski definition) is 4. The van der Waals surface area contributed by atoms with Crippen molar-refractivity contribution in [3.05, 3.63) is 47.2 Å². The fourth-order valence-corrected chi connectivity index (χ4v) is 1.56. The van der Waals surface area contributed by atoms with Gasteiger partial charge in [-0.15, -0.1) is 0 Å². The molecule has 2 aromatic rings. The summed E-state index contributed by atoms with van der Waals surface area (Å²) in [5.41, 5.74) is 6.52. The van der Waals surface area contributed by atoms with E-state index in [9.17, 15) is 9.90 Å². The number of rotatable bonds is 2. The van der Waals surface area contributed by atoms with Crippen LogP contribution in [0.3, 0.4) is 0 Å². The molecule has 0 saturated heterocycles. The number of phenols is 1. The molecular weight excluding hydrogens is 254 g/mol. The predicted octanol–water partition coefficient (Wildman–Crippen LogP) is 2.28. The molecule has 0 aliphatic heterocycles. The number of halogens is 1. The van der Waals surface area contributed by atoms with Gasteiger partial charge < -0.3 is 16.2 Å². The zero-order valence-electron chi connectivity index (χ0n) is 9.22. The monoisotopic (exact) mass is 263 g/mol. The molecule has 0 unspecified atom stereocenters. The summed E-state index contributed by atoms with van der Waals surface area (Å²) < 4.78 is 0. The van der Waals surface area contributed by atoms with Crippen molar-refractivity contribution in [2.75, 3.05) is 11.1 Å². The van der Waals surface area contributed by atoms with Crippen molar-refractivity contribution in [3.63, 3.8) is 0 Å². The van der Waals surface area contributed by atoms with Gasteiger partial charge >= 0.3 is 0 Å². The second kappa shape index (κ2) is 4.93. The van der Waals surface area contributed by atoms with Gasteiger partial charge in [-0.05, 0) is 30.3 Å².